The van der Waals surface area contributed by atoms with Crippen LogP contribution in [0.25, 0.3) is 0 Å². The smallest absolute Gasteiger partial charge is 0.303 e. The predicted octanol–water partition coefficient (Wildman–Crippen LogP) is 5.20. The van der Waals surface area contributed by atoms with E-state index in [4.69, 9.17) is 5.11 Å². The van der Waals surface area contributed by atoms with Crippen molar-refractivity contribution >= 4 is 17.7 Å². The molecule has 5 atom stereocenters. The van der Waals surface area contributed by atoms with E-state index in [0.29, 0.717) is 11.8 Å². The van der Waals surface area contributed by atoms with Crippen LogP contribution in [0.3, 0.4) is 0 Å². The van der Waals surface area contributed by atoms with Gasteiger partial charge in [0.25, 0.3) is 0 Å². The summed E-state index contributed by atoms with van der Waals surface area (Å²) in [6.07, 6.45) is 20.4. The highest BCUT2D eigenvalue weighted by atomic mass is 32.2. The zero-order valence-corrected chi connectivity index (χ0v) is 16.6. The monoisotopic (exact) mass is 378 g/mol. The molecule has 2 saturated heterocycles. The first-order valence-electron chi connectivity index (χ1n) is 10.5. The Balaban J connectivity index is 1.46. The molecule has 0 amide bonds. The molecule has 3 fully saturated rings. The maximum absolute atomic E-state index is 10.6. The van der Waals surface area contributed by atoms with Crippen LogP contribution in [0.2, 0.25) is 0 Å². The Hall–Kier alpha value is -0.740. The van der Waals surface area contributed by atoms with Crippen molar-refractivity contribution < 1.29 is 15.0 Å². The van der Waals surface area contributed by atoms with E-state index < -0.39 is 5.97 Å². The number of hydrogen-bond acceptors (Lipinski definition) is 3. The molecule has 0 aromatic rings. The fourth-order valence-corrected chi connectivity index (χ4v) is 7.01. The molecule has 0 aromatic carbocycles. The number of hydrogen-bond donors (Lipinski definition) is 2. The molecule has 2 heterocycles. The van der Waals surface area contributed by atoms with Gasteiger partial charge in [0, 0.05) is 16.9 Å². The van der Waals surface area contributed by atoms with Gasteiger partial charge in [-0.25, -0.2) is 0 Å². The Morgan fingerprint density at radius 2 is 1.88 bits per heavy atom. The van der Waals surface area contributed by atoms with Crippen LogP contribution in [0.1, 0.15) is 70.6 Å². The van der Waals surface area contributed by atoms with Crippen molar-refractivity contribution in [1.82, 2.24) is 0 Å². The number of aliphatic carboxylic acids is 1. The lowest BCUT2D eigenvalue weighted by Gasteiger charge is -2.27. The van der Waals surface area contributed by atoms with Crippen LogP contribution in [0.5, 0.6) is 0 Å². The number of aliphatic hydroxyl groups excluding tert-OH is 1. The fraction of sp³-hybridized carbons (Fsp3) is 0.773. The number of unbranched alkanes of at least 4 members (excludes halogenated alkanes) is 1. The van der Waals surface area contributed by atoms with Crippen LogP contribution in [-0.2, 0) is 4.79 Å². The number of rotatable bonds is 10. The maximum atomic E-state index is 10.6. The largest absolute Gasteiger partial charge is 0.481 e. The number of carboxylic acid groups (broad SMARTS) is 1. The van der Waals surface area contributed by atoms with Crippen molar-refractivity contribution in [3.05, 3.63) is 24.3 Å². The summed E-state index contributed by atoms with van der Waals surface area (Å²) in [6, 6.07) is 0. The van der Waals surface area contributed by atoms with Gasteiger partial charge in [0.15, 0.2) is 0 Å². The van der Waals surface area contributed by atoms with Gasteiger partial charge in [-0.15, -0.1) is 0 Å². The van der Waals surface area contributed by atoms with Crippen LogP contribution in [0, 0.1) is 17.8 Å². The third-order valence-electron chi connectivity index (χ3n) is 6.43. The number of carboxylic acids is 1. The van der Waals surface area contributed by atoms with Gasteiger partial charge in [0.05, 0.1) is 6.10 Å². The average Bonchev–Trinajstić information content (AvgIpc) is 3.33. The van der Waals surface area contributed by atoms with Crippen LogP contribution in [0.15, 0.2) is 24.3 Å². The molecule has 1 unspecified atom stereocenters. The first-order valence-corrected chi connectivity index (χ1v) is 11.5. The minimum atomic E-state index is -0.704. The SMILES string of the molecule is O=C(O)CCC/C=C\C[C@H]1[C@@H](/C=C/C(O)CC2CCCC2)[C@H]2CC[C@@H]1S2. The van der Waals surface area contributed by atoms with Crippen LogP contribution >= 0.6 is 11.8 Å². The van der Waals surface area contributed by atoms with Crippen molar-refractivity contribution in [3.8, 4) is 0 Å². The van der Waals surface area contributed by atoms with E-state index >= 15 is 0 Å². The zero-order chi connectivity index (χ0) is 18.4. The molecule has 1 saturated carbocycles. The van der Waals surface area contributed by atoms with Gasteiger partial charge in [0.1, 0.15) is 0 Å². The first-order chi connectivity index (χ1) is 12.6. The third-order valence-corrected chi connectivity index (χ3v) is 8.26. The van der Waals surface area contributed by atoms with Crippen molar-refractivity contribution in [2.45, 2.75) is 87.2 Å². The summed E-state index contributed by atoms with van der Waals surface area (Å²) in [6.45, 7) is 0. The molecule has 26 heavy (non-hydrogen) atoms. The van der Waals surface area contributed by atoms with Gasteiger partial charge >= 0.3 is 5.97 Å². The summed E-state index contributed by atoms with van der Waals surface area (Å²) in [5, 5.41) is 20.6. The molecule has 0 radical (unpaired) electrons. The molecule has 4 heteroatoms. The number of thioether (sulfide) groups is 1. The molecule has 3 nitrogen and oxygen atoms in total. The van der Waals surface area contributed by atoms with Gasteiger partial charge in [-0.2, -0.15) is 11.8 Å². The molecule has 1 aliphatic carbocycles. The van der Waals surface area contributed by atoms with Gasteiger partial charge in [0.2, 0.25) is 0 Å². The summed E-state index contributed by atoms with van der Waals surface area (Å²) in [4.78, 5) is 10.6. The van der Waals surface area contributed by atoms with Crippen LogP contribution in [0.4, 0.5) is 0 Å². The molecule has 0 aromatic heterocycles. The predicted molar refractivity (Wildman–Crippen MR) is 108 cm³/mol. The number of allylic oxidation sites excluding steroid dienone is 3. The molecular weight excluding hydrogens is 344 g/mol. The van der Waals surface area contributed by atoms with E-state index in [9.17, 15) is 9.90 Å². The first kappa shape index (κ1) is 20.0. The molecule has 0 spiro atoms. The normalized spacial score (nSPS) is 33.0. The molecule has 146 valence electrons. The minimum absolute atomic E-state index is 0.262. The summed E-state index contributed by atoms with van der Waals surface area (Å²) >= 11 is 2.16. The van der Waals surface area contributed by atoms with E-state index in [2.05, 4.69) is 36.1 Å². The van der Waals surface area contributed by atoms with Gasteiger partial charge in [-0.05, 0) is 56.3 Å². The van der Waals surface area contributed by atoms with Crippen molar-refractivity contribution in [3.63, 3.8) is 0 Å². The molecule has 2 aliphatic heterocycles. The Bertz CT molecular complexity index is 510. The Morgan fingerprint density at radius 1 is 1.12 bits per heavy atom. The number of fused-ring (bicyclic) bond motifs is 2. The van der Waals surface area contributed by atoms with E-state index in [0.717, 1.165) is 42.1 Å². The molecule has 2 bridgehead atoms. The molecule has 3 aliphatic rings. The summed E-state index contributed by atoms with van der Waals surface area (Å²) in [5.74, 6) is 1.31. The maximum Gasteiger partial charge on any atom is 0.303 e. The lowest BCUT2D eigenvalue weighted by Crippen LogP contribution is -2.25. The van der Waals surface area contributed by atoms with E-state index in [1.54, 1.807) is 0 Å². The summed E-state index contributed by atoms with van der Waals surface area (Å²) in [7, 11) is 0. The fourth-order valence-electron chi connectivity index (χ4n) is 5.05. The van der Waals surface area contributed by atoms with Crippen LogP contribution in [-0.4, -0.2) is 32.8 Å². The molecular formula is C22H34O3S. The highest BCUT2D eigenvalue weighted by molar-refractivity contribution is 8.01. The second-order valence-electron chi connectivity index (χ2n) is 8.36. The minimum Gasteiger partial charge on any atom is -0.481 e. The molecule has 2 N–H and O–H groups in total. The van der Waals surface area contributed by atoms with Gasteiger partial charge < -0.3 is 10.2 Å². The van der Waals surface area contributed by atoms with E-state index in [-0.39, 0.29) is 12.5 Å². The second-order valence-corrected chi connectivity index (χ2v) is 9.85. The van der Waals surface area contributed by atoms with E-state index in [1.165, 1.54) is 38.5 Å². The Labute approximate surface area is 162 Å². The third kappa shape index (κ3) is 5.63. The Morgan fingerprint density at radius 3 is 2.65 bits per heavy atom. The van der Waals surface area contributed by atoms with Crippen molar-refractivity contribution in [2.24, 2.45) is 17.8 Å². The quantitative estimate of drug-likeness (QED) is 0.405. The topological polar surface area (TPSA) is 57.5 Å². The van der Waals surface area contributed by atoms with E-state index in [1.807, 2.05) is 0 Å². The zero-order valence-electron chi connectivity index (χ0n) is 15.8. The average molecular weight is 379 g/mol. The lowest BCUT2D eigenvalue weighted by atomic mass is 9.77. The Kier molecular flexibility index (Phi) is 7.68. The second kappa shape index (κ2) is 9.98. The van der Waals surface area contributed by atoms with Gasteiger partial charge in [-0.3, -0.25) is 4.79 Å². The number of carbonyl (C=O) groups is 1. The lowest BCUT2D eigenvalue weighted by molar-refractivity contribution is -0.137. The highest BCUT2D eigenvalue weighted by Crippen LogP contribution is 2.54. The number of aliphatic hydroxyl groups is 1. The summed E-state index contributed by atoms with van der Waals surface area (Å²) < 4.78 is 0. The highest BCUT2D eigenvalue weighted by Gasteiger charge is 2.46. The van der Waals surface area contributed by atoms with Crippen molar-refractivity contribution in [2.75, 3.05) is 0 Å². The van der Waals surface area contributed by atoms with Crippen molar-refractivity contribution in [1.29, 1.82) is 0 Å². The standard InChI is InChI=1S/C22H34O3S/c23-17(15-16-7-5-6-8-16)11-12-19-18(20-13-14-21(19)26-20)9-3-1-2-4-10-22(24)25/h1,3,11-12,16-21,23H,2,4-10,13-15H2,(H,24,25)/b3-1-,12-11+/t17?,18-,19+,20-,21+/m0/s1. The van der Waals surface area contributed by atoms with Crippen LogP contribution < -0.4 is 0 Å². The summed E-state index contributed by atoms with van der Waals surface area (Å²) in [5.41, 5.74) is 0. The molecule has 3 rings (SSSR count). The van der Waals surface area contributed by atoms with Gasteiger partial charge in [-0.1, -0.05) is 50.0 Å².